The first-order valence-corrected chi connectivity index (χ1v) is 10.5. The third kappa shape index (κ3) is 3.48. The van der Waals surface area contributed by atoms with Crippen molar-refractivity contribution in [2.45, 2.75) is 16.9 Å². The summed E-state index contributed by atoms with van der Waals surface area (Å²) in [5, 5.41) is 15.8. The fraction of sp³-hybridized carbons (Fsp3) is 0.143. The van der Waals surface area contributed by atoms with Crippen molar-refractivity contribution in [2.75, 3.05) is 0 Å². The minimum Gasteiger partial charge on any atom is -0.383 e. The number of aliphatic hydroxyl groups is 1. The molecular weight excluding hydrogens is 358 g/mol. The molecule has 0 saturated heterocycles. The van der Waals surface area contributed by atoms with Crippen LogP contribution in [0, 0.1) is 0 Å². The predicted molar refractivity (Wildman–Crippen MR) is 91.0 cm³/mol. The van der Waals surface area contributed by atoms with Crippen LogP contribution >= 0.6 is 34.0 Å². The number of hydrogen-bond acceptors (Lipinski definition) is 6. The summed E-state index contributed by atoms with van der Waals surface area (Å²) in [6.07, 6.45) is -0.654. The Morgan fingerprint density at radius 2 is 2.05 bits per heavy atom. The van der Waals surface area contributed by atoms with E-state index >= 15 is 0 Å². The molecule has 0 aliphatic carbocycles. The van der Waals surface area contributed by atoms with Gasteiger partial charge in [0.15, 0.2) is 0 Å². The highest BCUT2D eigenvalue weighted by Gasteiger charge is 2.17. The van der Waals surface area contributed by atoms with E-state index in [9.17, 15) is 13.5 Å². The smallest absolute Gasteiger partial charge is 0.250 e. The van der Waals surface area contributed by atoms with Gasteiger partial charge in [0.05, 0.1) is 0 Å². The van der Waals surface area contributed by atoms with Crippen molar-refractivity contribution in [2.24, 2.45) is 0 Å². The maximum absolute atomic E-state index is 12.0. The summed E-state index contributed by atoms with van der Waals surface area (Å²) in [7, 11) is -3.45. The van der Waals surface area contributed by atoms with Gasteiger partial charge in [0.2, 0.25) is 10.0 Å². The van der Waals surface area contributed by atoms with Crippen LogP contribution in [-0.2, 0) is 16.6 Å². The van der Waals surface area contributed by atoms with E-state index in [1.54, 1.807) is 17.5 Å². The van der Waals surface area contributed by atoms with Gasteiger partial charge in [-0.2, -0.15) is 11.3 Å². The molecule has 3 aromatic rings. The van der Waals surface area contributed by atoms with Crippen molar-refractivity contribution in [1.82, 2.24) is 4.72 Å². The van der Waals surface area contributed by atoms with Crippen molar-refractivity contribution in [3.05, 3.63) is 61.8 Å². The lowest BCUT2D eigenvalue weighted by Crippen LogP contribution is -2.21. The Morgan fingerprint density at radius 3 is 2.73 bits per heavy atom. The molecule has 0 spiro atoms. The largest absolute Gasteiger partial charge is 0.383 e. The third-order valence-corrected chi connectivity index (χ3v) is 7.65. The average molecular weight is 372 g/mol. The quantitative estimate of drug-likeness (QED) is 0.698. The summed E-state index contributed by atoms with van der Waals surface area (Å²) in [6, 6.07) is 8.84. The Labute approximate surface area is 140 Å². The molecule has 0 aliphatic rings. The monoisotopic (exact) mass is 371 g/mol. The van der Waals surface area contributed by atoms with E-state index in [1.165, 1.54) is 34.0 Å². The van der Waals surface area contributed by atoms with Gasteiger partial charge in [0.25, 0.3) is 0 Å². The molecule has 4 nitrogen and oxygen atoms in total. The number of hydrogen-bond donors (Lipinski definition) is 2. The van der Waals surface area contributed by atoms with Crippen LogP contribution in [0.4, 0.5) is 0 Å². The fourth-order valence-electron chi connectivity index (χ4n) is 1.88. The van der Waals surface area contributed by atoms with Gasteiger partial charge in [-0.15, -0.1) is 22.7 Å². The van der Waals surface area contributed by atoms with E-state index in [1.807, 2.05) is 29.0 Å². The van der Waals surface area contributed by atoms with E-state index in [0.29, 0.717) is 4.21 Å². The molecule has 0 unspecified atom stereocenters. The lowest BCUT2D eigenvalue weighted by Gasteiger charge is -2.05. The van der Waals surface area contributed by atoms with Crippen molar-refractivity contribution in [3.8, 4) is 0 Å². The van der Waals surface area contributed by atoms with Crippen molar-refractivity contribution >= 4 is 44.0 Å². The van der Waals surface area contributed by atoms with Crippen molar-refractivity contribution < 1.29 is 13.5 Å². The van der Waals surface area contributed by atoms with E-state index in [0.717, 1.165) is 15.3 Å². The van der Waals surface area contributed by atoms with Crippen LogP contribution in [0.1, 0.15) is 21.4 Å². The van der Waals surface area contributed by atoms with Gasteiger partial charge < -0.3 is 5.11 Å². The van der Waals surface area contributed by atoms with E-state index in [2.05, 4.69) is 4.72 Å². The maximum Gasteiger partial charge on any atom is 0.250 e. The molecule has 0 bridgehead atoms. The first-order valence-electron chi connectivity index (χ1n) is 6.38. The third-order valence-electron chi connectivity index (χ3n) is 3.01. The highest BCUT2D eigenvalue weighted by Crippen LogP contribution is 2.29. The molecule has 0 radical (unpaired) electrons. The van der Waals surface area contributed by atoms with Crippen molar-refractivity contribution in [1.29, 1.82) is 0 Å². The summed E-state index contributed by atoms with van der Waals surface area (Å²) in [4.78, 5) is 1.67. The number of aliphatic hydroxyl groups excluding tert-OH is 1. The highest BCUT2D eigenvalue weighted by atomic mass is 32.2. The van der Waals surface area contributed by atoms with Gasteiger partial charge in [-0.3, -0.25) is 0 Å². The van der Waals surface area contributed by atoms with Crippen LogP contribution in [0.25, 0.3) is 0 Å². The molecular formula is C14H13NO3S4. The molecule has 3 rings (SSSR count). The second-order valence-electron chi connectivity index (χ2n) is 4.52. The van der Waals surface area contributed by atoms with Crippen molar-refractivity contribution in [3.63, 3.8) is 0 Å². The van der Waals surface area contributed by atoms with E-state index in [4.69, 9.17) is 0 Å². The summed E-state index contributed by atoms with van der Waals surface area (Å²) in [5.41, 5.74) is 0.859. The Bertz CT molecular complexity index is 819. The highest BCUT2D eigenvalue weighted by molar-refractivity contribution is 7.91. The number of sulfonamides is 1. The van der Waals surface area contributed by atoms with Gasteiger partial charge >= 0.3 is 0 Å². The summed E-state index contributed by atoms with van der Waals surface area (Å²) in [5.74, 6) is 0. The Hall–Kier alpha value is -1.03. The number of rotatable bonds is 6. The molecule has 116 valence electrons. The predicted octanol–water partition coefficient (Wildman–Crippen LogP) is 3.43. The fourth-order valence-corrected chi connectivity index (χ4v) is 5.67. The van der Waals surface area contributed by atoms with E-state index in [-0.39, 0.29) is 6.54 Å². The summed E-state index contributed by atoms with van der Waals surface area (Å²) < 4.78 is 27.0. The molecule has 1 atom stereocenters. The van der Waals surface area contributed by atoms with Gasteiger partial charge in [-0.1, -0.05) is 6.07 Å². The molecule has 0 saturated carbocycles. The Kier molecular flexibility index (Phi) is 4.76. The number of thiophene rings is 3. The second-order valence-corrected chi connectivity index (χ2v) is 9.44. The zero-order chi connectivity index (χ0) is 15.6. The van der Waals surface area contributed by atoms with Gasteiger partial charge in [0.1, 0.15) is 10.3 Å². The maximum atomic E-state index is 12.0. The SMILES string of the molecule is O=S(=O)(NCc1ccc([C@@H](O)c2ccsc2)s1)c1cccs1. The molecule has 0 fully saturated rings. The second kappa shape index (κ2) is 6.61. The Morgan fingerprint density at radius 1 is 1.18 bits per heavy atom. The summed E-state index contributed by atoms with van der Waals surface area (Å²) >= 11 is 4.13. The molecule has 3 aromatic heterocycles. The summed E-state index contributed by atoms with van der Waals surface area (Å²) in [6.45, 7) is 0.223. The number of nitrogens with one attached hydrogen (secondary N) is 1. The van der Waals surface area contributed by atoms with Crippen LogP contribution < -0.4 is 4.72 Å². The van der Waals surface area contributed by atoms with E-state index < -0.39 is 16.1 Å². The molecule has 3 heterocycles. The average Bonchev–Trinajstić information content (AvgIpc) is 3.26. The van der Waals surface area contributed by atoms with Gasteiger partial charge in [-0.25, -0.2) is 13.1 Å². The van der Waals surface area contributed by atoms with Crippen LogP contribution in [0.3, 0.4) is 0 Å². The van der Waals surface area contributed by atoms with Crippen LogP contribution in [-0.4, -0.2) is 13.5 Å². The molecule has 2 N–H and O–H groups in total. The minimum absolute atomic E-state index is 0.223. The molecule has 0 amide bonds. The van der Waals surface area contributed by atoms with Crippen LogP contribution in [0.2, 0.25) is 0 Å². The normalized spacial score (nSPS) is 13.3. The zero-order valence-electron chi connectivity index (χ0n) is 11.3. The zero-order valence-corrected chi connectivity index (χ0v) is 14.6. The Balaban J connectivity index is 1.68. The molecule has 22 heavy (non-hydrogen) atoms. The lowest BCUT2D eigenvalue weighted by molar-refractivity contribution is 0.224. The van der Waals surface area contributed by atoms with Gasteiger partial charge in [-0.05, 0) is 46.0 Å². The first kappa shape index (κ1) is 15.9. The van der Waals surface area contributed by atoms with Gasteiger partial charge in [0, 0.05) is 16.3 Å². The lowest BCUT2D eigenvalue weighted by atomic mass is 10.2. The molecule has 8 heteroatoms. The van der Waals surface area contributed by atoms with Crippen LogP contribution in [0.5, 0.6) is 0 Å². The molecule has 0 aliphatic heterocycles. The minimum atomic E-state index is -3.45. The topological polar surface area (TPSA) is 66.4 Å². The van der Waals surface area contributed by atoms with Crippen LogP contribution in [0.15, 0.2) is 50.7 Å². The first-order chi connectivity index (χ1) is 10.6. The molecule has 0 aromatic carbocycles. The standard InChI is InChI=1S/C14H13NO3S4/c16-14(10-5-7-19-9-10)12-4-3-11(21-12)8-15-22(17,18)13-2-1-6-20-13/h1-7,9,14-16H,8H2/t14-/m0/s1.